The number of anilines is 1. The highest BCUT2D eigenvalue weighted by Gasteiger charge is 2.05. The molecule has 0 spiro atoms. The van der Waals surface area contributed by atoms with E-state index in [0.29, 0.717) is 22.4 Å². The van der Waals surface area contributed by atoms with E-state index in [1.807, 2.05) is 5.48 Å². The number of urea groups is 1. The van der Waals surface area contributed by atoms with E-state index < -0.39 is 24.5 Å². The molecular weight excluding hydrogens is 350 g/mol. The molecule has 8 heteroatoms. The molecule has 138 valence electrons. The molecule has 27 heavy (non-hydrogen) atoms. The number of ether oxygens (including phenoxy) is 1. The van der Waals surface area contributed by atoms with Crippen LogP contribution in [0.5, 0.6) is 0 Å². The maximum atomic E-state index is 11.6. The van der Waals surface area contributed by atoms with Gasteiger partial charge in [-0.05, 0) is 36.4 Å². The second kappa shape index (κ2) is 9.60. The first-order valence-corrected chi connectivity index (χ1v) is 7.75. The van der Waals surface area contributed by atoms with Crippen LogP contribution in [0.25, 0.3) is 0 Å². The molecule has 8 nitrogen and oxygen atoms in total. The molecule has 3 amide bonds. The molecule has 0 aliphatic heterocycles. The molecule has 2 aromatic carbocycles. The Morgan fingerprint density at radius 1 is 1.04 bits per heavy atom. The summed E-state index contributed by atoms with van der Waals surface area (Å²) in [6.07, 6.45) is 0. The molecule has 0 saturated heterocycles. The Hall–Kier alpha value is -3.83. The average Bonchev–Trinajstić information content (AvgIpc) is 2.66. The van der Waals surface area contributed by atoms with Crippen LogP contribution in [0.1, 0.15) is 21.5 Å². The predicted octanol–water partition coefficient (Wildman–Crippen LogP) is 1.41. The Bertz CT molecular complexity index is 915. The SMILES string of the molecule is COC(=O)c1cccc(C#Cc2cccc(NC(=O)NOCC(N)=O)c2)c1. The number of hydrogen-bond donors (Lipinski definition) is 3. The summed E-state index contributed by atoms with van der Waals surface area (Å²) in [7, 11) is 1.31. The van der Waals surface area contributed by atoms with Crippen molar-refractivity contribution in [2.24, 2.45) is 5.73 Å². The van der Waals surface area contributed by atoms with Crippen LogP contribution in [0.2, 0.25) is 0 Å². The minimum absolute atomic E-state index is 0.410. The summed E-state index contributed by atoms with van der Waals surface area (Å²) in [5.41, 5.74) is 9.10. The molecule has 0 aliphatic carbocycles. The molecule has 0 radical (unpaired) electrons. The number of amides is 3. The van der Waals surface area contributed by atoms with Gasteiger partial charge in [0.05, 0.1) is 12.7 Å². The molecule has 0 heterocycles. The van der Waals surface area contributed by atoms with Crippen LogP contribution in [0.4, 0.5) is 10.5 Å². The van der Waals surface area contributed by atoms with Crippen molar-refractivity contribution in [3.8, 4) is 11.8 Å². The van der Waals surface area contributed by atoms with Crippen molar-refractivity contribution in [1.29, 1.82) is 0 Å². The second-order valence-electron chi connectivity index (χ2n) is 5.21. The number of esters is 1. The number of hydroxylamine groups is 1. The fourth-order valence-corrected chi connectivity index (χ4v) is 1.99. The maximum absolute atomic E-state index is 11.6. The Balaban J connectivity index is 2.04. The summed E-state index contributed by atoms with van der Waals surface area (Å²) in [6, 6.07) is 12.9. The zero-order chi connectivity index (χ0) is 19.6. The van der Waals surface area contributed by atoms with E-state index in [-0.39, 0.29) is 0 Å². The number of hydrogen-bond acceptors (Lipinski definition) is 5. The van der Waals surface area contributed by atoms with Gasteiger partial charge in [0, 0.05) is 16.8 Å². The fraction of sp³-hybridized carbons (Fsp3) is 0.105. The van der Waals surface area contributed by atoms with Crippen LogP contribution < -0.4 is 16.5 Å². The van der Waals surface area contributed by atoms with E-state index in [0.717, 1.165) is 0 Å². The number of carbonyl (C=O) groups is 3. The van der Waals surface area contributed by atoms with Crippen LogP contribution >= 0.6 is 0 Å². The van der Waals surface area contributed by atoms with Crippen molar-refractivity contribution in [1.82, 2.24) is 5.48 Å². The minimum Gasteiger partial charge on any atom is -0.465 e. The first-order chi connectivity index (χ1) is 13.0. The lowest BCUT2D eigenvalue weighted by Gasteiger charge is -2.07. The molecule has 0 unspecified atom stereocenters. The van der Waals surface area contributed by atoms with E-state index in [2.05, 4.69) is 26.7 Å². The van der Waals surface area contributed by atoms with Gasteiger partial charge in [0.1, 0.15) is 0 Å². The normalized spacial score (nSPS) is 9.52. The smallest absolute Gasteiger partial charge is 0.343 e. The Kier molecular flexibility index (Phi) is 6.93. The Morgan fingerprint density at radius 2 is 1.70 bits per heavy atom. The summed E-state index contributed by atoms with van der Waals surface area (Å²) in [5, 5.41) is 2.53. The highest BCUT2D eigenvalue weighted by Crippen LogP contribution is 2.10. The molecule has 0 atom stereocenters. The van der Waals surface area contributed by atoms with E-state index in [1.54, 1.807) is 48.5 Å². The van der Waals surface area contributed by atoms with Crippen LogP contribution in [0.15, 0.2) is 48.5 Å². The van der Waals surface area contributed by atoms with Crippen LogP contribution in [-0.4, -0.2) is 31.6 Å². The highest BCUT2D eigenvalue weighted by atomic mass is 16.7. The molecule has 2 aromatic rings. The van der Waals surface area contributed by atoms with Crippen molar-refractivity contribution in [3.63, 3.8) is 0 Å². The van der Waals surface area contributed by atoms with E-state index in [1.165, 1.54) is 7.11 Å². The van der Waals surface area contributed by atoms with Crippen molar-refractivity contribution in [2.75, 3.05) is 19.0 Å². The topological polar surface area (TPSA) is 120 Å². The lowest BCUT2D eigenvalue weighted by molar-refractivity contribution is -0.124. The summed E-state index contributed by atoms with van der Waals surface area (Å²) in [4.78, 5) is 38.3. The molecular formula is C19H17N3O5. The third-order valence-corrected chi connectivity index (χ3v) is 3.13. The van der Waals surface area contributed by atoms with Gasteiger partial charge in [0.15, 0.2) is 6.61 Å². The molecule has 0 saturated carbocycles. The second-order valence-corrected chi connectivity index (χ2v) is 5.21. The monoisotopic (exact) mass is 367 g/mol. The van der Waals surface area contributed by atoms with Gasteiger partial charge in [-0.1, -0.05) is 24.0 Å². The molecule has 0 bridgehead atoms. The first kappa shape index (κ1) is 19.5. The number of nitrogens with one attached hydrogen (secondary N) is 2. The van der Waals surface area contributed by atoms with Crippen molar-refractivity contribution >= 4 is 23.6 Å². The van der Waals surface area contributed by atoms with Gasteiger partial charge in [0.25, 0.3) is 0 Å². The zero-order valence-corrected chi connectivity index (χ0v) is 14.4. The average molecular weight is 367 g/mol. The van der Waals surface area contributed by atoms with Gasteiger partial charge in [-0.2, -0.15) is 0 Å². The van der Waals surface area contributed by atoms with Crippen LogP contribution in [-0.2, 0) is 14.4 Å². The molecule has 2 rings (SSSR count). The van der Waals surface area contributed by atoms with Gasteiger partial charge in [-0.3, -0.25) is 9.63 Å². The fourth-order valence-electron chi connectivity index (χ4n) is 1.99. The zero-order valence-electron chi connectivity index (χ0n) is 14.4. The van der Waals surface area contributed by atoms with E-state index in [9.17, 15) is 14.4 Å². The van der Waals surface area contributed by atoms with Crippen molar-refractivity contribution in [3.05, 3.63) is 65.2 Å². The number of primary amides is 1. The molecule has 0 fully saturated rings. The molecule has 4 N–H and O–H groups in total. The summed E-state index contributed by atoms with van der Waals surface area (Å²) >= 11 is 0. The summed E-state index contributed by atoms with van der Waals surface area (Å²) in [5.74, 6) is 4.76. The van der Waals surface area contributed by atoms with Gasteiger partial charge < -0.3 is 15.8 Å². The number of nitrogens with two attached hydrogens (primary N) is 1. The lowest BCUT2D eigenvalue weighted by atomic mass is 10.1. The third-order valence-electron chi connectivity index (χ3n) is 3.13. The summed E-state index contributed by atoms with van der Waals surface area (Å²) < 4.78 is 4.68. The Labute approximate surface area is 155 Å². The number of benzene rings is 2. The first-order valence-electron chi connectivity index (χ1n) is 7.75. The minimum atomic E-state index is -0.705. The van der Waals surface area contributed by atoms with Gasteiger partial charge in [-0.25, -0.2) is 15.1 Å². The standard InChI is InChI=1S/C19H17N3O5/c1-26-18(24)15-6-2-4-13(10-15)8-9-14-5-3-7-16(11-14)21-19(25)22-27-12-17(20)23/h2-7,10-11H,12H2,1H3,(H2,20,23)(H2,21,22,25). The molecule has 0 aliphatic rings. The van der Waals surface area contributed by atoms with Gasteiger partial charge in [0.2, 0.25) is 5.91 Å². The van der Waals surface area contributed by atoms with Crippen molar-refractivity contribution in [2.45, 2.75) is 0 Å². The largest absolute Gasteiger partial charge is 0.465 e. The maximum Gasteiger partial charge on any atom is 0.343 e. The highest BCUT2D eigenvalue weighted by molar-refractivity contribution is 5.90. The van der Waals surface area contributed by atoms with Crippen LogP contribution in [0.3, 0.4) is 0 Å². The molecule has 0 aromatic heterocycles. The summed E-state index contributed by atoms with van der Waals surface area (Å²) in [6.45, 7) is -0.427. The number of carbonyl (C=O) groups excluding carboxylic acids is 3. The van der Waals surface area contributed by atoms with Crippen molar-refractivity contribution < 1.29 is 24.0 Å². The van der Waals surface area contributed by atoms with Gasteiger partial charge >= 0.3 is 12.0 Å². The number of rotatable bonds is 5. The lowest BCUT2D eigenvalue weighted by Crippen LogP contribution is -2.32. The van der Waals surface area contributed by atoms with E-state index >= 15 is 0 Å². The predicted molar refractivity (Wildman–Crippen MR) is 97.5 cm³/mol. The van der Waals surface area contributed by atoms with Gasteiger partial charge in [-0.15, -0.1) is 0 Å². The number of methoxy groups -OCH3 is 1. The van der Waals surface area contributed by atoms with E-state index in [4.69, 9.17) is 5.73 Å². The van der Waals surface area contributed by atoms with Crippen LogP contribution in [0, 0.1) is 11.8 Å². The third kappa shape index (κ3) is 6.53. The quantitative estimate of drug-likeness (QED) is 0.419. The Morgan fingerprint density at radius 3 is 2.37 bits per heavy atom.